The summed E-state index contributed by atoms with van der Waals surface area (Å²) < 4.78 is 1.32. The molecule has 0 atom stereocenters. The number of fused-ring (bicyclic) bond motifs is 1. The first-order chi connectivity index (χ1) is 9.92. The molecule has 0 fully saturated rings. The van der Waals surface area contributed by atoms with Crippen molar-refractivity contribution in [3.8, 4) is 0 Å². The van der Waals surface area contributed by atoms with Gasteiger partial charge in [0, 0.05) is 22.8 Å². The van der Waals surface area contributed by atoms with E-state index in [-0.39, 0.29) is 0 Å². The van der Waals surface area contributed by atoms with Gasteiger partial charge in [-0.15, -0.1) is 11.3 Å². The Bertz CT molecular complexity index is 492. The van der Waals surface area contributed by atoms with Gasteiger partial charge in [-0.3, -0.25) is 0 Å². The number of anilines is 1. The molecule has 0 saturated heterocycles. The van der Waals surface area contributed by atoms with E-state index in [1.807, 2.05) is 6.20 Å². The van der Waals surface area contributed by atoms with Gasteiger partial charge in [-0.2, -0.15) is 0 Å². The van der Waals surface area contributed by atoms with Crippen LogP contribution in [0.4, 0.5) is 5.82 Å². The van der Waals surface area contributed by atoms with Crippen molar-refractivity contribution in [3.63, 3.8) is 0 Å². The SMILES string of the molecule is CCCCCCCCCCNc1nccc2sccc12. The predicted octanol–water partition coefficient (Wildman–Crippen LogP) is 5.85. The Morgan fingerprint density at radius 1 is 1.00 bits per heavy atom. The Labute approximate surface area is 126 Å². The first kappa shape index (κ1) is 15.3. The largest absolute Gasteiger partial charge is 0.370 e. The molecule has 110 valence electrons. The van der Waals surface area contributed by atoms with Crippen LogP contribution >= 0.6 is 11.3 Å². The van der Waals surface area contributed by atoms with Gasteiger partial charge in [0.05, 0.1) is 0 Å². The van der Waals surface area contributed by atoms with Crippen molar-refractivity contribution in [2.75, 3.05) is 11.9 Å². The summed E-state index contributed by atoms with van der Waals surface area (Å²) in [5.41, 5.74) is 0. The highest BCUT2D eigenvalue weighted by Gasteiger charge is 2.02. The smallest absolute Gasteiger partial charge is 0.134 e. The lowest BCUT2D eigenvalue weighted by Gasteiger charge is -2.06. The van der Waals surface area contributed by atoms with Gasteiger partial charge < -0.3 is 5.32 Å². The summed E-state index contributed by atoms with van der Waals surface area (Å²) in [6.07, 6.45) is 12.8. The highest BCUT2D eigenvalue weighted by Crippen LogP contribution is 2.25. The monoisotopic (exact) mass is 290 g/mol. The van der Waals surface area contributed by atoms with Crippen LogP contribution in [0.2, 0.25) is 0 Å². The van der Waals surface area contributed by atoms with Crippen LogP contribution in [0.5, 0.6) is 0 Å². The molecule has 0 spiro atoms. The number of unbranched alkanes of at least 4 members (excludes halogenated alkanes) is 7. The molecule has 0 aliphatic rings. The van der Waals surface area contributed by atoms with E-state index in [2.05, 4.69) is 34.7 Å². The zero-order valence-electron chi connectivity index (χ0n) is 12.5. The van der Waals surface area contributed by atoms with Crippen LogP contribution in [0.25, 0.3) is 10.1 Å². The highest BCUT2D eigenvalue weighted by atomic mass is 32.1. The minimum Gasteiger partial charge on any atom is -0.370 e. The number of hydrogen-bond donors (Lipinski definition) is 1. The third-order valence-corrected chi connectivity index (χ3v) is 4.58. The van der Waals surface area contributed by atoms with E-state index >= 15 is 0 Å². The van der Waals surface area contributed by atoms with Crippen molar-refractivity contribution in [2.45, 2.75) is 58.3 Å². The van der Waals surface area contributed by atoms with Gasteiger partial charge >= 0.3 is 0 Å². The minimum absolute atomic E-state index is 1.04. The van der Waals surface area contributed by atoms with E-state index in [0.29, 0.717) is 0 Å². The fraction of sp³-hybridized carbons (Fsp3) is 0.588. The number of hydrogen-bond acceptors (Lipinski definition) is 3. The van der Waals surface area contributed by atoms with Crippen molar-refractivity contribution in [1.29, 1.82) is 0 Å². The maximum absolute atomic E-state index is 4.44. The van der Waals surface area contributed by atoms with E-state index in [1.165, 1.54) is 61.5 Å². The molecule has 2 nitrogen and oxygen atoms in total. The molecular weight excluding hydrogens is 264 g/mol. The minimum atomic E-state index is 1.04. The molecule has 2 heterocycles. The van der Waals surface area contributed by atoms with Crippen LogP contribution in [0, 0.1) is 0 Å². The molecule has 20 heavy (non-hydrogen) atoms. The van der Waals surface area contributed by atoms with Crippen molar-refractivity contribution >= 4 is 27.2 Å². The molecule has 1 N–H and O–H groups in total. The Morgan fingerprint density at radius 3 is 2.55 bits per heavy atom. The number of thiophene rings is 1. The molecule has 0 aliphatic carbocycles. The molecule has 0 radical (unpaired) electrons. The lowest BCUT2D eigenvalue weighted by molar-refractivity contribution is 0.581. The predicted molar refractivity (Wildman–Crippen MR) is 90.7 cm³/mol. The van der Waals surface area contributed by atoms with Gasteiger partial charge in [0.2, 0.25) is 0 Å². The molecule has 0 unspecified atom stereocenters. The van der Waals surface area contributed by atoms with E-state index in [1.54, 1.807) is 11.3 Å². The second kappa shape index (κ2) is 8.96. The van der Waals surface area contributed by atoms with Crippen molar-refractivity contribution in [1.82, 2.24) is 4.98 Å². The van der Waals surface area contributed by atoms with Crippen LogP contribution in [0.3, 0.4) is 0 Å². The average Bonchev–Trinajstić information content (AvgIpc) is 2.95. The fourth-order valence-electron chi connectivity index (χ4n) is 2.50. The summed E-state index contributed by atoms with van der Waals surface area (Å²) in [5.74, 6) is 1.05. The molecule has 2 rings (SSSR count). The summed E-state index contributed by atoms with van der Waals surface area (Å²) in [6, 6.07) is 4.24. The molecule has 0 amide bonds. The Hall–Kier alpha value is -1.09. The molecule has 0 aliphatic heterocycles. The number of aromatic nitrogens is 1. The average molecular weight is 290 g/mol. The van der Waals surface area contributed by atoms with Crippen molar-refractivity contribution in [3.05, 3.63) is 23.7 Å². The fourth-order valence-corrected chi connectivity index (χ4v) is 3.28. The molecule has 3 heteroatoms. The Kier molecular flexibility index (Phi) is 6.85. The standard InChI is InChI=1S/C17H26N2S/c1-2-3-4-5-6-7-8-9-12-18-17-15-11-14-20-16(15)10-13-19-17/h10-11,13-14H,2-9,12H2,1H3,(H,18,19). The van der Waals surface area contributed by atoms with Gasteiger partial charge in [-0.05, 0) is 23.9 Å². The van der Waals surface area contributed by atoms with Gasteiger partial charge in [0.25, 0.3) is 0 Å². The van der Waals surface area contributed by atoms with E-state index in [4.69, 9.17) is 0 Å². The van der Waals surface area contributed by atoms with E-state index in [0.717, 1.165) is 12.4 Å². The summed E-state index contributed by atoms with van der Waals surface area (Å²) >= 11 is 1.78. The first-order valence-corrected chi connectivity index (χ1v) is 8.86. The highest BCUT2D eigenvalue weighted by molar-refractivity contribution is 7.17. The molecule has 0 bridgehead atoms. The van der Waals surface area contributed by atoms with Crippen LogP contribution in [0.1, 0.15) is 58.3 Å². The second-order valence-corrected chi connectivity index (χ2v) is 6.34. The molecular formula is C17H26N2S. The quantitative estimate of drug-likeness (QED) is 0.555. The van der Waals surface area contributed by atoms with Gasteiger partial charge in [-0.25, -0.2) is 4.98 Å². The lowest BCUT2D eigenvalue weighted by atomic mass is 10.1. The van der Waals surface area contributed by atoms with Crippen LogP contribution in [-0.2, 0) is 0 Å². The molecule has 0 saturated carbocycles. The number of pyridine rings is 1. The summed E-state index contributed by atoms with van der Waals surface area (Å²) in [6.45, 7) is 3.31. The van der Waals surface area contributed by atoms with Crippen molar-refractivity contribution < 1.29 is 0 Å². The normalized spacial score (nSPS) is 11.1. The zero-order chi connectivity index (χ0) is 14.0. The molecule has 0 aromatic carbocycles. The van der Waals surface area contributed by atoms with Gasteiger partial charge in [0.1, 0.15) is 5.82 Å². The van der Waals surface area contributed by atoms with E-state index < -0.39 is 0 Å². The number of rotatable bonds is 10. The molecule has 2 aromatic heterocycles. The summed E-state index contributed by atoms with van der Waals surface area (Å²) in [5, 5.41) is 6.87. The third kappa shape index (κ3) is 4.78. The first-order valence-electron chi connectivity index (χ1n) is 7.98. The zero-order valence-corrected chi connectivity index (χ0v) is 13.3. The van der Waals surface area contributed by atoms with Crippen LogP contribution in [-0.4, -0.2) is 11.5 Å². The third-order valence-electron chi connectivity index (χ3n) is 3.70. The number of nitrogens with zero attached hydrogens (tertiary/aromatic N) is 1. The number of nitrogens with one attached hydrogen (secondary N) is 1. The van der Waals surface area contributed by atoms with Gasteiger partial charge in [0.15, 0.2) is 0 Å². The molecule has 2 aromatic rings. The Morgan fingerprint density at radius 2 is 1.75 bits per heavy atom. The second-order valence-electron chi connectivity index (χ2n) is 5.39. The van der Waals surface area contributed by atoms with E-state index in [9.17, 15) is 0 Å². The topological polar surface area (TPSA) is 24.9 Å². The Balaban J connectivity index is 1.58. The maximum Gasteiger partial charge on any atom is 0.134 e. The van der Waals surface area contributed by atoms with Crippen LogP contribution in [0.15, 0.2) is 23.7 Å². The summed E-state index contributed by atoms with van der Waals surface area (Å²) in [7, 11) is 0. The van der Waals surface area contributed by atoms with Gasteiger partial charge in [-0.1, -0.05) is 51.9 Å². The van der Waals surface area contributed by atoms with Crippen molar-refractivity contribution in [2.24, 2.45) is 0 Å². The summed E-state index contributed by atoms with van der Waals surface area (Å²) in [4.78, 5) is 4.44. The maximum atomic E-state index is 4.44. The van der Waals surface area contributed by atoms with Crippen LogP contribution < -0.4 is 5.32 Å². The lowest BCUT2D eigenvalue weighted by Crippen LogP contribution is -2.03.